The summed E-state index contributed by atoms with van der Waals surface area (Å²) in [5, 5.41) is 11.1. The van der Waals surface area contributed by atoms with Crippen LogP contribution in [0.15, 0.2) is 36.4 Å². The van der Waals surface area contributed by atoms with E-state index in [4.69, 9.17) is 21.1 Å². The number of aliphatic hydroxyl groups is 1. The summed E-state index contributed by atoms with van der Waals surface area (Å²) in [5.41, 5.74) is 1.80. The van der Waals surface area contributed by atoms with Crippen molar-refractivity contribution in [3.63, 3.8) is 0 Å². The first kappa shape index (κ1) is 16.4. The number of halogens is 2. The van der Waals surface area contributed by atoms with Crippen molar-refractivity contribution in [2.24, 2.45) is 0 Å². The molecular formula is C16H16ClIO3. The van der Waals surface area contributed by atoms with Crippen molar-refractivity contribution in [1.29, 1.82) is 0 Å². The summed E-state index contributed by atoms with van der Waals surface area (Å²) in [7, 11) is 3.19. The van der Waals surface area contributed by atoms with Gasteiger partial charge in [-0.2, -0.15) is 0 Å². The van der Waals surface area contributed by atoms with Crippen LogP contribution in [0.1, 0.15) is 17.2 Å². The lowest BCUT2D eigenvalue weighted by Gasteiger charge is -2.15. The Morgan fingerprint density at radius 1 is 1.10 bits per heavy atom. The maximum atomic E-state index is 10.4. The number of aliphatic hydroxyl groups excluding tert-OH is 1. The quantitative estimate of drug-likeness (QED) is 0.738. The fraction of sp³-hybridized carbons (Fsp3) is 0.250. The molecule has 1 unspecified atom stereocenters. The van der Waals surface area contributed by atoms with Crippen LogP contribution in [0.3, 0.4) is 0 Å². The molecule has 0 aromatic heterocycles. The van der Waals surface area contributed by atoms with E-state index in [2.05, 4.69) is 22.6 Å². The number of benzene rings is 2. The maximum absolute atomic E-state index is 10.4. The second-order valence-corrected chi connectivity index (χ2v) is 6.17. The molecule has 0 saturated heterocycles. The van der Waals surface area contributed by atoms with E-state index in [9.17, 15) is 5.11 Å². The van der Waals surface area contributed by atoms with Crippen LogP contribution >= 0.6 is 34.2 Å². The molecule has 0 heterocycles. The first-order valence-corrected chi connectivity index (χ1v) is 7.84. The predicted molar refractivity (Wildman–Crippen MR) is 92.4 cm³/mol. The average Bonchev–Trinajstić information content (AvgIpc) is 2.49. The molecule has 5 heteroatoms. The summed E-state index contributed by atoms with van der Waals surface area (Å²) in [4.78, 5) is 0. The van der Waals surface area contributed by atoms with Crippen LogP contribution < -0.4 is 9.47 Å². The Kier molecular flexibility index (Phi) is 5.72. The van der Waals surface area contributed by atoms with E-state index in [0.29, 0.717) is 22.9 Å². The van der Waals surface area contributed by atoms with Gasteiger partial charge in [-0.1, -0.05) is 17.7 Å². The highest BCUT2D eigenvalue weighted by Crippen LogP contribution is 2.31. The summed E-state index contributed by atoms with van der Waals surface area (Å²) in [6, 6.07) is 11.1. The minimum Gasteiger partial charge on any atom is -0.493 e. The van der Waals surface area contributed by atoms with E-state index in [1.807, 2.05) is 30.3 Å². The number of methoxy groups -OCH3 is 2. The van der Waals surface area contributed by atoms with Crippen LogP contribution in [0.25, 0.3) is 0 Å². The van der Waals surface area contributed by atoms with E-state index in [1.54, 1.807) is 20.3 Å². The molecule has 0 fully saturated rings. The Bertz CT molecular complexity index is 631. The largest absolute Gasteiger partial charge is 0.493 e. The third-order valence-corrected chi connectivity index (χ3v) is 4.41. The summed E-state index contributed by atoms with van der Waals surface area (Å²) in [5.74, 6) is 1.33. The Hall–Kier alpha value is -0.980. The summed E-state index contributed by atoms with van der Waals surface area (Å²) in [6.07, 6.45) is -0.134. The molecule has 2 aromatic rings. The molecule has 1 atom stereocenters. The third-order valence-electron chi connectivity index (χ3n) is 3.19. The lowest BCUT2D eigenvalue weighted by Crippen LogP contribution is -2.04. The van der Waals surface area contributed by atoms with Gasteiger partial charge < -0.3 is 14.6 Å². The van der Waals surface area contributed by atoms with Crippen molar-refractivity contribution >= 4 is 34.2 Å². The molecule has 0 amide bonds. The Balaban J connectivity index is 2.23. The van der Waals surface area contributed by atoms with Crippen LogP contribution in [0.2, 0.25) is 5.02 Å². The highest BCUT2D eigenvalue weighted by atomic mass is 127. The molecule has 21 heavy (non-hydrogen) atoms. The molecule has 0 bridgehead atoms. The molecule has 1 N–H and O–H groups in total. The van der Waals surface area contributed by atoms with Crippen LogP contribution in [-0.4, -0.2) is 19.3 Å². The van der Waals surface area contributed by atoms with E-state index in [1.165, 1.54) is 0 Å². The van der Waals surface area contributed by atoms with Gasteiger partial charge in [0, 0.05) is 15.0 Å². The normalized spacial score (nSPS) is 12.0. The minimum atomic E-state index is -0.617. The zero-order valence-electron chi connectivity index (χ0n) is 11.8. The molecule has 3 nitrogen and oxygen atoms in total. The lowest BCUT2D eigenvalue weighted by molar-refractivity contribution is 0.177. The second-order valence-electron chi connectivity index (χ2n) is 4.58. The molecule has 2 rings (SSSR count). The lowest BCUT2D eigenvalue weighted by atomic mass is 10.0. The molecule has 0 aliphatic carbocycles. The first-order valence-electron chi connectivity index (χ1n) is 6.39. The maximum Gasteiger partial charge on any atom is 0.160 e. The second kappa shape index (κ2) is 7.33. The minimum absolute atomic E-state index is 0.483. The van der Waals surface area contributed by atoms with E-state index in [0.717, 1.165) is 14.7 Å². The Morgan fingerprint density at radius 3 is 2.48 bits per heavy atom. The third kappa shape index (κ3) is 4.02. The fourth-order valence-electron chi connectivity index (χ4n) is 2.11. The van der Waals surface area contributed by atoms with E-state index in [-0.39, 0.29) is 0 Å². The van der Waals surface area contributed by atoms with Crippen molar-refractivity contribution in [1.82, 2.24) is 0 Å². The van der Waals surface area contributed by atoms with Crippen LogP contribution in [-0.2, 0) is 6.42 Å². The number of rotatable bonds is 5. The molecule has 0 radical (unpaired) electrons. The number of hydrogen-bond acceptors (Lipinski definition) is 3. The standard InChI is InChI=1S/C16H16ClIO3/c1-20-15-6-3-10(8-16(15)21-2)7-14(19)12-9-11(17)4-5-13(12)18/h3-6,8-9,14,19H,7H2,1-2H3. The topological polar surface area (TPSA) is 38.7 Å². The Labute approximate surface area is 143 Å². The van der Waals surface area contributed by atoms with E-state index < -0.39 is 6.10 Å². The fourth-order valence-corrected chi connectivity index (χ4v) is 2.99. The summed E-state index contributed by atoms with van der Waals surface area (Å²) < 4.78 is 11.5. The predicted octanol–water partition coefficient (Wildman–Crippen LogP) is 4.24. The molecule has 0 saturated carbocycles. The first-order chi connectivity index (χ1) is 10.0. The van der Waals surface area contributed by atoms with Gasteiger partial charge >= 0.3 is 0 Å². The van der Waals surface area contributed by atoms with Gasteiger partial charge in [0.05, 0.1) is 20.3 Å². The SMILES string of the molecule is COc1ccc(CC(O)c2cc(Cl)ccc2I)cc1OC. The summed E-state index contributed by atoms with van der Waals surface area (Å²) in [6.45, 7) is 0. The van der Waals surface area contributed by atoms with Crippen LogP contribution in [0.5, 0.6) is 11.5 Å². The zero-order valence-corrected chi connectivity index (χ0v) is 14.7. The van der Waals surface area contributed by atoms with Crippen molar-refractivity contribution in [3.8, 4) is 11.5 Å². The average molecular weight is 419 g/mol. The van der Waals surface area contributed by atoms with Gasteiger partial charge in [-0.15, -0.1) is 0 Å². The van der Waals surface area contributed by atoms with Gasteiger partial charge in [0.1, 0.15) is 0 Å². The molecule has 2 aromatic carbocycles. The van der Waals surface area contributed by atoms with Crippen LogP contribution in [0, 0.1) is 3.57 Å². The van der Waals surface area contributed by atoms with Crippen LogP contribution in [0.4, 0.5) is 0 Å². The molecule has 0 aliphatic heterocycles. The molecule has 0 aliphatic rings. The number of ether oxygens (including phenoxy) is 2. The molecule has 0 spiro atoms. The van der Waals surface area contributed by atoms with Crippen molar-refractivity contribution in [3.05, 3.63) is 56.1 Å². The van der Waals surface area contributed by atoms with Gasteiger partial charge in [-0.3, -0.25) is 0 Å². The molecular weight excluding hydrogens is 403 g/mol. The highest BCUT2D eigenvalue weighted by molar-refractivity contribution is 14.1. The van der Waals surface area contributed by atoms with Crippen molar-refractivity contribution < 1.29 is 14.6 Å². The van der Waals surface area contributed by atoms with Gasteiger partial charge in [0.15, 0.2) is 11.5 Å². The number of hydrogen-bond donors (Lipinski definition) is 1. The monoisotopic (exact) mass is 418 g/mol. The highest BCUT2D eigenvalue weighted by Gasteiger charge is 2.14. The van der Waals surface area contributed by atoms with E-state index >= 15 is 0 Å². The van der Waals surface area contributed by atoms with Crippen molar-refractivity contribution in [2.45, 2.75) is 12.5 Å². The zero-order chi connectivity index (χ0) is 15.4. The van der Waals surface area contributed by atoms with Crippen molar-refractivity contribution in [2.75, 3.05) is 14.2 Å². The molecule has 112 valence electrons. The van der Waals surface area contributed by atoms with Gasteiger partial charge in [0.2, 0.25) is 0 Å². The Morgan fingerprint density at radius 2 is 1.81 bits per heavy atom. The van der Waals surface area contributed by atoms with Gasteiger partial charge in [-0.25, -0.2) is 0 Å². The van der Waals surface area contributed by atoms with Gasteiger partial charge in [0.25, 0.3) is 0 Å². The summed E-state index contributed by atoms with van der Waals surface area (Å²) >= 11 is 8.20. The van der Waals surface area contributed by atoms with Gasteiger partial charge in [-0.05, 0) is 64.0 Å². The smallest absolute Gasteiger partial charge is 0.160 e.